The first-order valence-electron chi connectivity index (χ1n) is 7.72. The number of aromatic nitrogens is 2. The van der Waals surface area contributed by atoms with Crippen LogP contribution in [0.25, 0.3) is 0 Å². The van der Waals surface area contributed by atoms with Crippen LogP contribution in [-0.2, 0) is 0 Å². The van der Waals surface area contributed by atoms with Crippen LogP contribution in [0.5, 0.6) is 0 Å². The van der Waals surface area contributed by atoms with Crippen molar-refractivity contribution in [2.75, 3.05) is 23.5 Å². The van der Waals surface area contributed by atoms with Gasteiger partial charge in [-0.3, -0.25) is 0 Å². The Balaban J connectivity index is 2.15. The lowest BCUT2D eigenvalue weighted by atomic mass is 9.88. The summed E-state index contributed by atoms with van der Waals surface area (Å²) < 4.78 is 0.341. The van der Waals surface area contributed by atoms with Gasteiger partial charge in [0.2, 0.25) is 0 Å². The molecule has 0 atom stereocenters. The fourth-order valence-electron chi connectivity index (χ4n) is 3.09. The van der Waals surface area contributed by atoms with E-state index in [1.54, 1.807) is 6.33 Å². The Morgan fingerprint density at radius 2 is 1.90 bits per heavy atom. The first-order chi connectivity index (χ1) is 10.1. The molecule has 0 aromatic carbocycles. The first-order valence-corrected chi connectivity index (χ1v) is 8.95. The second-order valence-corrected chi connectivity index (χ2v) is 7.36. The maximum absolute atomic E-state index is 5.58. The van der Waals surface area contributed by atoms with E-state index in [1.807, 2.05) is 11.8 Å². The second kappa shape index (κ2) is 7.31. The van der Waals surface area contributed by atoms with E-state index in [-0.39, 0.29) is 0 Å². The van der Waals surface area contributed by atoms with Gasteiger partial charge >= 0.3 is 0 Å². The summed E-state index contributed by atoms with van der Waals surface area (Å²) in [5, 5.41) is 3.56. The number of hydrogen-bond acceptors (Lipinski definition) is 6. The zero-order valence-corrected chi connectivity index (χ0v) is 14.1. The summed E-state index contributed by atoms with van der Waals surface area (Å²) in [6.07, 6.45) is 10.4. The fourth-order valence-corrected chi connectivity index (χ4v) is 4.01. The minimum absolute atomic E-state index is 0.316. The van der Waals surface area contributed by atoms with E-state index in [4.69, 9.17) is 5.84 Å². The Hall–Kier alpha value is -1.01. The molecule has 1 heterocycles. The molecule has 1 aromatic heterocycles. The molecule has 0 bridgehead atoms. The van der Waals surface area contributed by atoms with Crippen molar-refractivity contribution in [3.05, 3.63) is 11.9 Å². The number of hydrogen-bond donors (Lipinski definition) is 3. The lowest BCUT2D eigenvalue weighted by Crippen LogP contribution is -2.36. The molecule has 0 aliphatic heterocycles. The maximum Gasteiger partial charge on any atom is 0.148 e. The van der Waals surface area contributed by atoms with Crippen molar-refractivity contribution in [3.63, 3.8) is 0 Å². The Kier molecular flexibility index (Phi) is 5.70. The molecule has 2 rings (SSSR count). The normalized spacial score (nSPS) is 17.8. The minimum Gasteiger partial charge on any atom is -0.368 e. The van der Waals surface area contributed by atoms with E-state index < -0.39 is 0 Å². The molecular weight excluding hydrogens is 282 g/mol. The topological polar surface area (TPSA) is 75.9 Å². The van der Waals surface area contributed by atoms with Gasteiger partial charge in [0, 0.05) is 16.9 Å². The third-order valence-corrected chi connectivity index (χ3v) is 5.79. The van der Waals surface area contributed by atoms with E-state index in [2.05, 4.69) is 40.8 Å². The molecule has 1 aliphatic carbocycles. The second-order valence-electron chi connectivity index (χ2n) is 6.08. The van der Waals surface area contributed by atoms with E-state index >= 15 is 0 Å². The van der Waals surface area contributed by atoms with Gasteiger partial charge in [0.15, 0.2) is 0 Å². The van der Waals surface area contributed by atoms with Gasteiger partial charge in [0.1, 0.15) is 18.0 Å². The summed E-state index contributed by atoms with van der Waals surface area (Å²) in [5.74, 6) is 7.51. The number of thioether (sulfide) groups is 1. The summed E-state index contributed by atoms with van der Waals surface area (Å²) in [6.45, 7) is 5.22. The Morgan fingerprint density at radius 1 is 1.24 bits per heavy atom. The molecule has 1 aliphatic rings. The summed E-state index contributed by atoms with van der Waals surface area (Å²) in [4.78, 5) is 8.65. The van der Waals surface area contributed by atoms with Gasteiger partial charge < -0.3 is 10.7 Å². The van der Waals surface area contributed by atoms with Crippen molar-refractivity contribution in [2.45, 2.75) is 56.6 Å². The molecule has 0 saturated heterocycles. The number of hydrazine groups is 1. The number of rotatable bonds is 6. The van der Waals surface area contributed by atoms with E-state index in [0.29, 0.717) is 16.5 Å². The minimum atomic E-state index is 0.316. The van der Waals surface area contributed by atoms with Crippen LogP contribution in [0.15, 0.2) is 6.33 Å². The molecule has 1 aromatic rings. The van der Waals surface area contributed by atoms with Crippen LogP contribution in [0.4, 0.5) is 11.6 Å². The molecule has 118 valence electrons. The van der Waals surface area contributed by atoms with Gasteiger partial charge in [0.05, 0.1) is 0 Å². The van der Waals surface area contributed by atoms with E-state index in [0.717, 1.165) is 17.9 Å². The molecule has 1 fully saturated rings. The average molecular weight is 309 g/mol. The molecule has 21 heavy (non-hydrogen) atoms. The van der Waals surface area contributed by atoms with Gasteiger partial charge in [-0.15, -0.1) is 0 Å². The monoisotopic (exact) mass is 309 g/mol. The van der Waals surface area contributed by atoms with Crippen molar-refractivity contribution >= 4 is 23.4 Å². The largest absolute Gasteiger partial charge is 0.368 e. The van der Waals surface area contributed by atoms with Crippen LogP contribution >= 0.6 is 11.8 Å². The van der Waals surface area contributed by atoms with Crippen LogP contribution < -0.4 is 16.6 Å². The van der Waals surface area contributed by atoms with Crippen LogP contribution in [0.1, 0.15) is 57.4 Å². The van der Waals surface area contributed by atoms with Gasteiger partial charge in [-0.2, -0.15) is 11.8 Å². The Labute approximate surface area is 131 Å². The van der Waals surface area contributed by atoms with Crippen LogP contribution in [0.3, 0.4) is 0 Å². The first kappa shape index (κ1) is 16.4. The van der Waals surface area contributed by atoms with Gasteiger partial charge in [-0.1, -0.05) is 33.1 Å². The lowest BCUT2D eigenvalue weighted by Gasteiger charge is -2.36. The van der Waals surface area contributed by atoms with Crippen molar-refractivity contribution in [1.29, 1.82) is 0 Å². The predicted octanol–water partition coefficient (Wildman–Crippen LogP) is 3.36. The molecule has 1 saturated carbocycles. The quantitative estimate of drug-likeness (QED) is 0.552. The third-order valence-electron chi connectivity index (χ3n) is 4.37. The Morgan fingerprint density at radius 3 is 2.48 bits per heavy atom. The third kappa shape index (κ3) is 3.80. The van der Waals surface area contributed by atoms with Crippen molar-refractivity contribution in [1.82, 2.24) is 9.97 Å². The fraction of sp³-hybridized carbons (Fsp3) is 0.733. The standard InChI is InChI=1S/C15H27N5S/c1-11(2)12-13(18-10-19-14(12)20-16)17-9-15(21-3)7-5-4-6-8-15/h10-11H,4-9,16H2,1-3H3,(H2,17,18,19,20). The highest BCUT2D eigenvalue weighted by atomic mass is 32.2. The van der Waals surface area contributed by atoms with Gasteiger partial charge in [-0.25, -0.2) is 15.8 Å². The molecule has 0 spiro atoms. The molecule has 0 amide bonds. The SMILES string of the molecule is CSC1(CNc2ncnc(NN)c2C(C)C)CCCCC1. The number of nitrogens with two attached hydrogens (primary N) is 1. The van der Waals surface area contributed by atoms with Crippen molar-refractivity contribution < 1.29 is 0 Å². The average Bonchev–Trinajstić information content (AvgIpc) is 2.53. The number of nitrogens with zero attached hydrogens (tertiary/aromatic N) is 2. The highest BCUT2D eigenvalue weighted by molar-refractivity contribution is 8.00. The zero-order valence-electron chi connectivity index (χ0n) is 13.3. The van der Waals surface area contributed by atoms with Crippen LogP contribution in [0.2, 0.25) is 0 Å². The number of anilines is 2. The summed E-state index contributed by atoms with van der Waals surface area (Å²) in [5.41, 5.74) is 3.74. The zero-order chi connectivity index (χ0) is 15.3. The molecule has 4 N–H and O–H groups in total. The van der Waals surface area contributed by atoms with Crippen molar-refractivity contribution in [2.24, 2.45) is 5.84 Å². The highest BCUT2D eigenvalue weighted by Gasteiger charge is 2.31. The van der Waals surface area contributed by atoms with Gasteiger partial charge in [0.25, 0.3) is 0 Å². The van der Waals surface area contributed by atoms with Crippen LogP contribution in [-0.4, -0.2) is 27.5 Å². The molecular formula is C15H27N5S. The molecule has 6 heteroatoms. The van der Waals surface area contributed by atoms with Crippen molar-refractivity contribution in [3.8, 4) is 0 Å². The van der Waals surface area contributed by atoms with Crippen LogP contribution in [0, 0.1) is 0 Å². The lowest BCUT2D eigenvalue weighted by molar-refractivity contribution is 0.411. The smallest absolute Gasteiger partial charge is 0.148 e. The van der Waals surface area contributed by atoms with E-state index in [9.17, 15) is 0 Å². The predicted molar refractivity (Wildman–Crippen MR) is 91.8 cm³/mol. The maximum atomic E-state index is 5.58. The molecule has 5 nitrogen and oxygen atoms in total. The number of nitrogens with one attached hydrogen (secondary N) is 2. The molecule has 0 radical (unpaired) electrons. The van der Waals surface area contributed by atoms with Gasteiger partial charge in [-0.05, 0) is 25.0 Å². The summed E-state index contributed by atoms with van der Waals surface area (Å²) >= 11 is 1.99. The summed E-state index contributed by atoms with van der Waals surface area (Å²) in [7, 11) is 0. The highest BCUT2D eigenvalue weighted by Crippen LogP contribution is 2.39. The van der Waals surface area contributed by atoms with E-state index in [1.165, 1.54) is 32.1 Å². The molecule has 0 unspecified atom stereocenters. The number of nitrogen functional groups attached to an aromatic ring is 1. The Bertz CT molecular complexity index is 457. The summed E-state index contributed by atoms with van der Waals surface area (Å²) in [6, 6.07) is 0.